The molecule has 7 nitrogen and oxygen atoms in total. The van der Waals surface area contributed by atoms with Crippen molar-refractivity contribution >= 4 is 15.9 Å². The van der Waals surface area contributed by atoms with E-state index in [9.17, 15) is 13.2 Å². The van der Waals surface area contributed by atoms with Crippen molar-refractivity contribution in [2.24, 2.45) is 0 Å². The van der Waals surface area contributed by atoms with Crippen molar-refractivity contribution in [3.05, 3.63) is 59.4 Å². The van der Waals surface area contributed by atoms with Gasteiger partial charge in [-0.05, 0) is 62.3 Å². The molecular weight excluding hydrogens is 388 g/mol. The maximum absolute atomic E-state index is 13.1. The van der Waals surface area contributed by atoms with E-state index in [2.05, 4.69) is 9.88 Å². The minimum Gasteiger partial charge on any atom is -0.334 e. The van der Waals surface area contributed by atoms with Crippen LogP contribution in [0, 0.1) is 0 Å². The summed E-state index contributed by atoms with van der Waals surface area (Å²) < 4.78 is 27.9. The van der Waals surface area contributed by atoms with Crippen LogP contribution in [0.15, 0.2) is 47.6 Å². The Morgan fingerprint density at radius 3 is 2.69 bits per heavy atom. The number of benzene rings is 1. The zero-order valence-corrected chi connectivity index (χ0v) is 17.6. The fourth-order valence-corrected chi connectivity index (χ4v) is 5.58. The van der Waals surface area contributed by atoms with E-state index in [1.54, 1.807) is 45.9 Å². The molecule has 3 heterocycles. The predicted molar refractivity (Wildman–Crippen MR) is 110 cm³/mol. The summed E-state index contributed by atoms with van der Waals surface area (Å²) in [6.07, 6.45) is 4.75. The van der Waals surface area contributed by atoms with Crippen LogP contribution in [-0.2, 0) is 23.0 Å². The largest absolute Gasteiger partial charge is 0.334 e. The van der Waals surface area contributed by atoms with E-state index < -0.39 is 10.0 Å². The quantitative estimate of drug-likeness (QED) is 0.760. The number of amides is 1. The van der Waals surface area contributed by atoms with Crippen molar-refractivity contribution in [1.29, 1.82) is 0 Å². The summed E-state index contributed by atoms with van der Waals surface area (Å²) in [5.74, 6) is -0.0784. The molecule has 0 spiro atoms. The van der Waals surface area contributed by atoms with Crippen LogP contribution in [0.4, 0.5) is 0 Å². The molecule has 1 amide bonds. The average Bonchev–Trinajstić information content (AvgIpc) is 3.24. The highest BCUT2D eigenvalue weighted by Gasteiger charge is 2.34. The summed E-state index contributed by atoms with van der Waals surface area (Å²) >= 11 is 0. The number of carbonyl (C=O) groups is 1. The summed E-state index contributed by atoms with van der Waals surface area (Å²) in [5, 5.41) is 0. The number of pyridine rings is 1. The number of hydrogen-bond acceptors (Lipinski definition) is 5. The molecule has 1 fully saturated rings. The maximum atomic E-state index is 13.1. The molecule has 0 N–H and O–H groups in total. The molecule has 1 aromatic heterocycles. The summed E-state index contributed by atoms with van der Waals surface area (Å²) in [6, 6.07) is 9.09. The van der Waals surface area contributed by atoms with Crippen LogP contribution in [0.1, 0.15) is 27.9 Å². The first-order chi connectivity index (χ1) is 13.9. The Labute approximate surface area is 172 Å². The first-order valence-electron chi connectivity index (χ1n) is 9.84. The van der Waals surface area contributed by atoms with Gasteiger partial charge in [-0.3, -0.25) is 9.78 Å². The van der Waals surface area contributed by atoms with Crippen molar-refractivity contribution in [2.75, 3.05) is 33.7 Å². The lowest BCUT2D eigenvalue weighted by molar-refractivity contribution is 0.0734. The Morgan fingerprint density at radius 1 is 1.17 bits per heavy atom. The molecule has 0 unspecified atom stereocenters. The van der Waals surface area contributed by atoms with Gasteiger partial charge in [0.2, 0.25) is 10.0 Å². The molecule has 0 aliphatic carbocycles. The van der Waals surface area contributed by atoms with Crippen molar-refractivity contribution < 1.29 is 13.2 Å². The van der Waals surface area contributed by atoms with Crippen molar-refractivity contribution in [3.8, 4) is 0 Å². The van der Waals surface area contributed by atoms with Gasteiger partial charge in [-0.1, -0.05) is 6.07 Å². The van der Waals surface area contributed by atoms with Gasteiger partial charge in [0.1, 0.15) is 0 Å². The molecule has 2 aliphatic heterocycles. The second kappa shape index (κ2) is 7.85. The monoisotopic (exact) mass is 414 g/mol. The molecule has 1 atom stereocenters. The summed E-state index contributed by atoms with van der Waals surface area (Å²) in [5.41, 5.74) is 2.55. The molecule has 1 aromatic carbocycles. The van der Waals surface area contributed by atoms with Crippen molar-refractivity contribution in [3.63, 3.8) is 0 Å². The minimum atomic E-state index is -3.54. The van der Waals surface area contributed by atoms with Gasteiger partial charge in [-0.25, -0.2) is 8.42 Å². The van der Waals surface area contributed by atoms with Gasteiger partial charge < -0.3 is 9.80 Å². The van der Waals surface area contributed by atoms with E-state index in [-0.39, 0.29) is 11.9 Å². The van der Waals surface area contributed by atoms with Crippen LogP contribution in [0.3, 0.4) is 0 Å². The van der Waals surface area contributed by atoms with Gasteiger partial charge in [0, 0.05) is 44.6 Å². The highest BCUT2D eigenvalue weighted by atomic mass is 32.2. The lowest BCUT2D eigenvalue weighted by Gasteiger charge is -2.29. The van der Waals surface area contributed by atoms with E-state index in [4.69, 9.17) is 0 Å². The topological polar surface area (TPSA) is 73.8 Å². The number of aromatic nitrogens is 1. The smallest absolute Gasteiger partial charge is 0.255 e. The number of sulfonamides is 1. The van der Waals surface area contributed by atoms with Gasteiger partial charge >= 0.3 is 0 Å². The van der Waals surface area contributed by atoms with Crippen molar-refractivity contribution in [1.82, 2.24) is 19.1 Å². The Morgan fingerprint density at radius 2 is 2.00 bits per heavy atom. The van der Waals surface area contributed by atoms with Crippen LogP contribution >= 0.6 is 0 Å². The Kier molecular flexibility index (Phi) is 5.42. The molecule has 0 bridgehead atoms. The third-order valence-corrected chi connectivity index (χ3v) is 7.74. The summed E-state index contributed by atoms with van der Waals surface area (Å²) in [4.78, 5) is 20.9. The second-order valence-electron chi connectivity index (χ2n) is 7.92. The zero-order valence-electron chi connectivity index (χ0n) is 16.8. The van der Waals surface area contributed by atoms with Crippen LogP contribution in [0.25, 0.3) is 0 Å². The number of likely N-dealkylation sites (N-methyl/N-ethyl adjacent to an activating group) is 1. The fraction of sp³-hybridized carbons (Fsp3) is 0.429. The highest BCUT2D eigenvalue weighted by Crippen LogP contribution is 2.27. The lowest BCUT2D eigenvalue weighted by Crippen LogP contribution is -2.36. The van der Waals surface area contributed by atoms with Gasteiger partial charge in [0.05, 0.1) is 10.5 Å². The first kappa shape index (κ1) is 20.0. The third-order valence-electron chi connectivity index (χ3n) is 5.88. The summed E-state index contributed by atoms with van der Waals surface area (Å²) in [6.45, 7) is 2.07. The normalized spacial score (nSPS) is 20.1. The molecule has 0 radical (unpaired) electrons. The molecule has 4 rings (SSSR count). The third kappa shape index (κ3) is 3.92. The van der Waals surface area contributed by atoms with Crippen LogP contribution in [-0.4, -0.2) is 73.2 Å². The first-order valence-corrected chi connectivity index (χ1v) is 11.3. The van der Waals surface area contributed by atoms with Gasteiger partial charge in [0.15, 0.2) is 0 Å². The second-order valence-corrected chi connectivity index (χ2v) is 9.86. The van der Waals surface area contributed by atoms with E-state index in [0.717, 1.165) is 17.5 Å². The van der Waals surface area contributed by atoms with Gasteiger partial charge in [-0.15, -0.1) is 0 Å². The minimum absolute atomic E-state index is 0.0784. The lowest BCUT2D eigenvalue weighted by atomic mass is 9.99. The Hall–Kier alpha value is -2.29. The maximum Gasteiger partial charge on any atom is 0.255 e. The van der Waals surface area contributed by atoms with Crippen molar-refractivity contribution in [2.45, 2.75) is 30.3 Å². The Balaban J connectivity index is 1.55. The van der Waals surface area contributed by atoms with E-state index in [1.165, 1.54) is 0 Å². The van der Waals surface area contributed by atoms with Crippen LogP contribution in [0.5, 0.6) is 0 Å². The van der Waals surface area contributed by atoms with Gasteiger partial charge in [-0.2, -0.15) is 4.31 Å². The molecule has 2 aromatic rings. The number of nitrogens with zero attached hydrogens (tertiary/aromatic N) is 4. The average molecular weight is 415 g/mol. The van der Waals surface area contributed by atoms with E-state index >= 15 is 0 Å². The highest BCUT2D eigenvalue weighted by molar-refractivity contribution is 7.89. The molecule has 2 aliphatic rings. The van der Waals surface area contributed by atoms with E-state index in [1.807, 2.05) is 20.2 Å². The summed E-state index contributed by atoms with van der Waals surface area (Å²) in [7, 11) is 0.424. The van der Waals surface area contributed by atoms with E-state index in [0.29, 0.717) is 43.1 Å². The molecule has 154 valence electrons. The molecular formula is C21H26N4O3S. The number of carbonyl (C=O) groups excluding carboxylic acids is 1. The fourth-order valence-electron chi connectivity index (χ4n) is 4.04. The number of rotatable bonds is 4. The molecule has 0 saturated carbocycles. The SMILES string of the molecule is CN(C)[C@@H]1CCN(S(=O)(=O)c2ccc3c(c2)CN(C(=O)c2cccnc2)CC3)C1. The number of fused-ring (bicyclic) bond motifs is 1. The molecule has 8 heteroatoms. The zero-order chi connectivity index (χ0) is 20.6. The van der Waals surface area contributed by atoms with Crippen LogP contribution < -0.4 is 0 Å². The molecule has 1 saturated heterocycles. The number of hydrogen-bond donors (Lipinski definition) is 0. The standard InChI is InChI=1S/C21H26N4O3S/c1-23(2)19-8-11-25(15-19)29(27,28)20-6-5-16-7-10-24(14-18(16)12-20)21(26)17-4-3-9-22-13-17/h3-6,9,12-13,19H,7-8,10-11,14-15H2,1-2H3/t19-/m1/s1. The van der Waals surface area contributed by atoms with Gasteiger partial charge in [0.25, 0.3) is 5.91 Å². The molecule has 29 heavy (non-hydrogen) atoms. The Bertz CT molecular complexity index is 1010. The predicted octanol–water partition coefficient (Wildman–Crippen LogP) is 1.60. The van der Waals surface area contributed by atoms with Crippen LogP contribution in [0.2, 0.25) is 0 Å².